The lowest BCUT2D eigenvalue weighted by Gasteiger charge is -1.87. The standard InChI is InChI=1S/C8H8N4O3/c9-3-4-1-2-5(14-4)8-11-7(6(10)13)12-15-8/h1-2H,3,9H2,(H2,10,13). The fraction of sp³-hybridized carbons (Fsp3) is 0.125. The second-order valence-electron chi connectivity index (χ2n) is 2.76. The molecule has 0 aromatic carbocycles. The molecule has 0 fully saturated rings. The Kier molecular flexibility index (Phi) is 2.22. The van der Waals surface area contributed by atoms with Gasteiger partial charge in [0.2, 0.25) is 0 Å². The van der Waals surface area contributed by atoms with Gasteiger partial charge in [0.15, 0.2) is 5.76 Å². The van der Waals surface area contributed by atoms with Crippen LogP contribution in [-0.2, 0) is 6.54 Å². The minimum absolute atomic E-state index is 0.100. The van der Waals surface area contributed by atoms with Crippen molar-refractivity contribution in [2.45, 2.75) is 6.54 Å². The number of nitrogens with two attached hydrogens (primary N) is 2. The molecule has 2 aromatic rings. The van der Waals surface area contributed by atoms with Crippen molar-refractivity contribution in [1.29, 1.82) is 0 Å². The van der Waals surface area contributed by atoms with E-state index in [2.05, 4.69) is 10.1 Å². The van der Waals surface area contributed by atoms with Crippen LogP contribution in [0.15, 0.2) is 21.1 Å². The second-order valence-corrected chi connectivity index (χ2v) is 2.76. The van der Waals surface area contributed by atoms with Gasteiger partial charge in [-0.1, -0.05) is 5.16 Å². The first kappa shape index (κ1) is 9.41. The predicted molar refractivity (Wildman–Crippen MR) is 48.4 cm³/mol. The first-order valence-electron chi connectivity index (χ1n) is 4.13. The Bertz CT molecular complexity index is 488. The number of amides is 1. The first-order chi connectivity index (χ1) is 7.20. The summed E-state index contributed by atoms with van der Waals surface area (Å²) in [7, 11) is 0. The minimum Gasteiger partial charge on any atom is -0.455 e. The van der Waals surface area contributed by atoms with Gasteiger partial charge in [-0.3, -0.25) is 4.79 Å². The summed E-state index contributed by atoms with van der Waals surface area (Å²) in [4.78, 5) is 14.4. The molecule has 0 aliphatic heterocycles. The van der Waals surface area contributed by atoms with Crippen molar-refractivity contribution in [3.63, 3.8) is 0 Å². The largest absolute Gasteiger partial charge is 0.455 e. The summed E-state index contributed by atoms with van der Waals surface area (Å²) in [6.45, 7) is 0.275. The molecule has 0 aliphatic rings. The molecule has 7 nitrogen and oxygen atoms in total. The average Bonchev–Trinajstić information content (AvgIpc) is 2.86. The van der Waals surface area contributed by atoms with Crippen LogP contribution in [-0.4, -0.2) is 16.0 Å². The van der Waals surface area contributed by atoms with Crippen LogP contribution in [0.5, 0.6) is 0 Å². The maximum absolute atomic E-state index is 10.7. The molecule has 7 heteroatoms. The van der Waals surface area contributed by atoms with Crippen LogP contribution in [0.2, 0.25) is 0 Å². The van der Waals surface area contributed by atoms with Gasteiger partial charge < -0.3 is 20.4 Å². The Balaban J connectivity index is 2.32. The molecule has 0 bridgehead atoms. The number of hydrogen-bond donors (Lipinski definition) is 2. The number of carbonyl (C=O) groups is 1. The summed E-state index contributed by atoms with van der Waals surface area (Å²) < 4.78 is 10.0. The van der Waals surface area contributed by atoms with Crippen LogP contribution in [0.1, 0.15) is 16.4 Å². The first-order valence-corrected chi connectivity index (χ1v) is 4.13. The average molecular weight is 208 g/mol. The van der Waals surface area contributed by atoms with E-state index in [0.29, 0.717) is 11.5 Å². The van der Waals surface area contributed by atoms with E-state index in [1.807, 2.05) is 0 Å². The predicted octanol–water partition coefficient (Wildman–Crippen LogP) is -0.113. The van der Waals surface area contributed by atoms with Gasteiger partial charge in [0.25, 0.3) is 17.6 Å². The molecule has 0 unspecified atom stereocenters. The third kappa shape index (κ3) is 1.72. The van der Waals surface area contributed by atoms with E-state index < -0.39 is 5.91 Å². The van der Waals surface area contributed by atoms with Crippen molar-refractivity contribution >= 4 is 5.91 Å². The van der Waals surface area contributed by atoms with Crippen LogP contribution in [0.3, 0.4) is 0 Å². The van der Waals surface area contributed by atoms with Gasteiger partial charge >= 0.3 is 0 Å². The number of carbonyl (C=O) groups excluding carboxylic acids is 1. The maximum Gasteiger partial charge on any atom is 0.294 e. The fourth-order valence-electron chi connectivity index (χ4n) is 1.03. The van der Waals surface area contributed by atoms with Gasteiger partial charge in [0.1, 0.15) is 5.76 Å². The van der Waals surface area contributed by atoms with E-state index in [1.165, 1.54) is 0 Å². The molecule has 0 spiro atoms. The third-order valence-electron chi connectivity index (χ3n) is 1.72. The van der Waals surface area contributed by atoms with Gasteiger partial charge in [-0.15, -0.1) is 0 Å². The topological polar surface area (TPSA) is 121 Å². The van der Waals surface area contributed by atoms with E-state index in [0.717, 1.165) is 0 Å². The molecule has 0 saturated carbocycles. The van der Waals surface area contributed by atoms with Crippen LogP contribution >= 0.6 is 0 Å². The van der Waals surface area contributed by atoms with Crippen molar-refractivity contribution in [2.75, 3.05) is 0 Å². The smallest absolute Gasteiger partial charge is 0.294 e. The zero-order valence-electron chi connectivity index (χ0n) is 7.64. The molecule has 0 radical (unpaired) electrons. The zero-order chi connectivity index (χ0) is 10.8. The number of rotatable bonds is 3. The van der Waals surface area contributed by atoms with Crippen molar-refractivity contribution in [2.24, 2.45) is 11.5 Å². The van der Waals surface area contributed by atoms with E-state index in [4.69, 9.17) is 20.4 Å². The quantitative estimate of drug-likeness (QED) is 0.725. The summed E-state index contributed by atoms with van der Waals surface area (Å²) in [6, 6.07) is 3.31. The molecule has 15 heavy (non-hydrogen) atoms. The minimum atomic E-state index is -0.754. The van der Waals surface area contributed by atoms with Crippen LogP contribution < -0.4 is 11.5 Å². The number of nitrogens with zero attached hydrogens (tertiary/aromatic N) is 2. The van der Waals surface area contributed by atoms with Gasteiger partial charge in [-0.2, -0.15) is 4.98 Å². The highest BCUT2D eigenvalue weighted by Gasteiger charge is 2.15. The van der Waals surface area contributed by atoms with Crippen molar-refractivity contribution in [1.82, 2.24) is 10.1 Å². The molecule has 2 heterocycles. The summed E-state index contributed by atoms with van der Waals surface area (Å²) in [5.41, 5.74) is 10.3. The Labute approximate surface area is 84.0 Å². The van der Waals surface area contributed by atoms with Crippen molar-refractivity contribution in [3.8, 4) is 11.7 Å². The van der Waals surface area contributed by atoms with Gasteiger partial charge in [0, 0.05) is 0 Å². The molecule has 78 valence electrons. The lowest BCUT2D eigenvalue weighted by Crippen LogP contribution is -2.12. The number of furan rings is 1. The van der Waals surface area contributed by atoms with Crippen LogP contribution in [0.25, 0.3) is 11.7 Å². The van der Waals surface area contributed by atoms with Crippen molar-refractivity contribution in [3.05, 3.63) is 23.7 Å². The number of hydrogen-bond acceptors (Lipinski definition) is 6. The Hall–Kier alpha value is -2.15. The lowest BCUT2D eigenvalue weighted by molar-refractivity contribution is 0.0987. The number of aromatic nitrogens is 2. The van der Waals surface area contributed by atoms with Crippen LogP contribution in [0.4, 0.5) is 0 Å². The highest BCUT2D eigenvalue weighted by molar-refractivity contribution is 5.88. The van der Waals surface area contributed by atoms with E-state index in [9.17, 15) is 4.79 Å². The molecule has 0 saturated heterocycles. The molecular weight excluding hydrogens is 200 g/mol. The number of primary amides is 1. The summed E-state index contributed by atoms with van der Waals surface area (Å²) in [5.74, 6) is 0.106. The fourth-order valence-corrected chi connectivity index (χ4v) is 1.03. The van der Waals surface area contributed by atoms with Gasteiger partial charge in [0.05, 0.1) is 6.54 Å². The summed E-state index contributed by atoms with van der Waals surface area (Å²) in [5, 5.41) is 3.38. The zero-order valence-corrected chi connectivity index (χ0v) is 7.64. The Morgan fingerprint density at radius 1 is 1.47 bits per heavy atom. The SMILES string of the molecule is NCc1ccc(-c2nc(C(N)=O)no2)o1. The van der Waals surface area contributed by atoms with Crippen molar-refractivity contribution < 1.29 is 13.7 Å². The Morgan fingerprint density at radius 2 is 2.27 bits per heavy atom. The molecule has 4 N–H and O–H groups in total. The van der Waals surface area contributed by atoms with E-state index in [-0.39, 0.29) is 18.3 Å². The lowest BCUT2D eigenvalue weighted by atomic mass is 10.4. The molecule has 1 amide bonds. The Morgan fingerprint density at radius 3 is 2.80 bits per heavy atom. The summed E-state index contributed by atoms with van der Waals surface area (Å²) in [6.07, 6.45) is 0. The maximum atomic E-state index is 10.7. The second kappa shape index (κ2) is 3.54. The molecule has 0 atom stereocenters. The highest BCUT2D eigenvalue weighted by atomic mass is 16.5. The summed E-state index contributed by atoms with van der Waals surface area (Å²) >= 11 is 0. The van der Waals surface area contributed by atoms with Crippen LogP contribution in [0, 0.1) is 0 Å². The third-order valence-corrected chi connectivity index (χ3v) is 1.72. The van der Waals surface area contributed by atoms with E-state index in [1.54, 1.807) is 12.1 Å². The monoisotopic (exact) mass is 208 g/mol. The van der Waals surface area contributed by atoms with Gasteiger partial charge in [-0.25, -0.2) is 0 Å². The molecule has 2 aromatic heterocycles. The normalized spacial score (nSPS) is 10.5. The molecule has 0 aliphatic carbocycles. The molecule has 2 rings (SSSR count). The van der Waals surface area contributed by atoms with Gasteiger partial charge in [-0.05, 0) is 12.1 Å². The van der Waals surface area contributed by atoms with E-state index >= 15 is 0 Å². The highest BCUT2D eigenvalue weighted by Crippen LogP contribution is 2.19. The molecular formula is C8H8N4O3.